The summed E-state index contributed by atoms with van der Waals surface area (Å²) in [6.45, 7) is 1.01. The number of nitrogens with one attached hydrogen (secondary N) is 1. The first kappa shape index (κ1) is 19.3. The summed E-state index contributed by atoms with van der Waals surface area (Å²) in [6, 6.07) is 13.0. The molecule has 1 aromatic heterocycles. The monoisotopic (exact) mass is 460 g/mol. The average Bonchev–Trinajstić information content (AvgIpc) is 2.73. The van der Waals surface area contributed by atoms with Crippen molar-refractivity contribution in [3.8, 4) is 0 Å². The molecule has 0 bridgehead atoms. The molecular weight excluding hydrogens is 440 g/mol. The third-order valence-corrected chi connectivity index (χ3v) is 7.37. The maximum Gasteiger partial charge on any atom is 0.243 e. The van der Waals surface area contributed by atoms with Crippen molar-refractivity contribution in [1.29, 1.82) is 0 Å². The van der Waals surface area contributed by atoms with Gasteiger partial charge in [0.25, 0.3) is 0 Å². The van der Waals surface area contributed by atoms with Gasteiger partial charge in [-0.3, -0.25) is 0 Å². The van der Waals surface area contributed by atoms with Crippen LogP contribution in [-0.4, -0.2) is 41.8 Å². The molecule has 0 saturated carbocycles. The fourth-order valence-corrected chi connectivity index (χ4v) is 5.50. The number of nitrogens with zero attached hydrogens (tertiary/aromatic N) is 3. The van der Waals surface area contributed by atoms with Crippen LogP contribution in [0.15, 0.2) is 64.2 Å². The van der Waals surface area contributed by atoms with Crippen molar-refractivity contribution < 1.29 is 8.42 Å². The summed E-state index contributed by atoms with van der Waals surface area (Å²) in [5, 5.41) is 5.14. The summed E-state index contributed by atoms with van der Waals surface area (Å²) < 4.78 is 29.1. The third-order valence-electron chi connectivity index (χ3n) is 5.02. The lowest BCUT2D eigenvalue weighted by molar-refractivity contribution is 0.261. The van der Waals surface area contributed by atoms with Crippen LogP contribution in [0.1, 0.15) is 19.3 Å². The first-order valence-corrected chi connectivity index (χ1v) is 11.5. The van der Waals surface area contributed by atoms with Gasteiger partial charge in [-0.15, -0.1) is 0 Å². The molecule has 1 N–H and O–H groups in total. The minimum atomic E-state index is -3.57. The Morgan fingerprint density at radius 3 is 2.61 bits per heavy atom. The van der Waals surface area contributed by atoms with Gasteiger partial charge >= 0.3 is 0 Å². The van der Waals surface area contributed by atoms with Gasteiger partial charge in [-0.2, -0.15) is 4.31 Å². The van der Waals surface area contributed by atoms with Gasteiger partial charge < -0.3 is 5.32 Å². The van der Waals surface area contributed by atoms with E-state index in [0.29, 0.717) is 23.9 Å². The Bertz CT molecular complexity index is 1070. The number of piperidine rings is 1. The molecular formula is C20H21BrN4O2S. The summed E-state index contributed by atoms with van der Waals surface area (Å²) in [5.41, 5.74) is 0. The van der Waals surface area contributed by atoms with E-state index in [1.54, 1.807) is 28.8 Å². The van der Waals surface area contributed by atoms with E-state index in [-0.39, 0.29) is 6.04 Å². The number of hydrogen-bond donors (Lipinski definition) is 1. The molecule has 0 spiro atoms. The van der Waals surface area contributed by atoms with Crippen LogP contribution in [0, 0.1) is 0 Å². The van der Waals surface area contributed by atoms with Crippen LogP contribution in [0.2, 0.25) is 0 Å². The van der Waals surface area contributed by atoms with Crippen molar-refractivity contribution in [2.45, 2.75) is 30.2 Å². The topological polar surface area (TPSA) is 75.2 Å². The van der Waals surface area contributed by atoms with Gasteiger partial charge in [-0.25, -0.2) is 18.4 Å². The highest BCUT2D eigenvalue weighted by atomic mass is 79.9. The first-order valence-electron chi connectivity index (χ1n) is 9.26. The number of rotatable bonds is 5. The Balaban J connectivity index is 1.57. The third kappa shape index (κ3) is 4.04. The predicted molar refractivity (Wildman–Crippen MR) is 114 cm³/mol. The van der Waals surface area contributed by atoms with E-state index in [1.807, 2.05) is 30.3 Å². The second-order valence-electron chi connectivity index (χ2n) is 6.88. The molecule has 1 atom stereocenters. The highest BCUT2D eigenvalue weighted by Gasteiger charge is 2.33. The average molecular weight is 461 g/mol. The van der Waals surface area contributed by atoms with Crippen molar-refractivity contribution in [3.63, 3.8) is 0 Å². The number of aromatic nitrogens is 2. The highest BCUT2D eigenvalue weighted by molar-refractivity contribution is 9.10. The van der Waals surface area contributed by atoms with Gasteiger partial charge in [0.2, 0.25) is 16.0 Å². The van der Waals surface area contributed by atoms with E-state index in [0.717, 1.165) is 34.5 Å². The van der Waals surface area contributed by atoms with E-state index in [4.69, 9.17) is 0 Å². The first-order chi connectivity index (χ1) is 13.5. The molecule has 1 saturated heterocycles. The predicted octanol–water partition coefficient (Wildman–Crippen LogP) is 4.05. The summed E-state index contributed by atoms with van der Waals surface area (Å²) in [6.07, 6.45) is 6.03. The lowest BCUT2D eigenvalue weighted by Gasteiger charge is -2.34. The van der Waals surface area contributed by atoms with E-state index < -0.39 is 10.0 Å². The molecule has 0 aliphatic carbocycles. The van der Waals surface area contributed by atoms with Crippen LogP contribution < -0.4 is 5.32 Å². The lowest BCUT2D eigenvalue weighted by atomic mass is 10.1. The molecule has 0 radical (unpaired) electrons. The van der Waals surface area contributed by atoms with Gasteiger partial charge in [-0.1, -0.05) is 36.8 Å². The number of halogens is 1. The van der Waals surface area contributed by atoms with Crippen LogP contribution >= 0.6 is 15.9 Å². The molecule has 0 amide bonds. The Kier molecular flexibility index (Phi) is 5.61. The Morgan fingerprint density at radius 2 is 1.82 bits per heavy atom. The Labute approximate surface area is 173 Å². The molecule has 1 fully saturated rings. The number of hydrogen-bond acceptors (Lipinski definition) is 5. The van der Waals surface area contributed by atoms with Crippen molar-refractivity contribution in [1.82, 2.24) is 14.3 Å². The molecule has 3 aromatic rings. The zero-order chi connectivity index (χ0) is 19.6. The van der Waals surface area contributed by atoms with Crippen molar-refractivity contribution in [2.24, 2.45) is 0 Å². The van der Waals surface area contributed by atoms with Crippen LogP contribution in [0.25, 0.3) is 10.8 Å². The largest absolute Gasteiger partial charge is 0.353 e. The fraction of sp³-hybridized carbons (Fsp3) is 0.300. The second kappa shape index (κ2) is 8.14. The van der Waals surface area contributed by atoms with Crippen LogP contribution in [0.3, 0.4) is 0 Å². The molecule has 28 heavy (non-hydrogen) atoms. The van der Waals surface area contributed by atoms with Gasteiger partial charge in [0.15, 0.2) is 0 Å². The second-order valence-corrected chi connectivity index (χ2v) is 9.69. The van der Waals surface area contributed by atoms with Gasteiger partial charge in [0, 0.05) is 31.5 Å². The molecule has 6 nitrogen and oxygen atoms in total. The Morgan fingerprint density at radius 1 is 1.07 bits per heavy atom. The summed E-state index contributed by atoms with van der Waals surface area (Å²) in [4.78, 5) is 8.76. The van der Waals surface area contributed by atoms with E-state index in [9.17, 15) is 8.42 Å². The molecule has 1 aliphatic rings. The number of fused-ring (bicyclic) bond motifs is 1. The van der Waals surface area contributed by atoms with E-state index in [1.165, 1.54) is 0 Å². The molecule has 2 aromatic carbocycles. The van der Waals surface area contributed by atoms with E-state index >= 15 is 0 Å². The molecule has 2 heterocycles. The zero-order valence-corrected chi connectivity index (χ0v) is 17.7. The molecule has 4 rings (SSSR count). The van der Waals surface area contributed by atoms with Gasteiger partial charge in [0.1, 0.15) is 0 Å². The molecule has 1 unspecified atom stereocenters. The Hall–Kier alpha value is -2.03. The minimum absolute atomic E-state index is 0.127. The highest BCUT2D eigenvalue weighted by Crippen LogP contribution is 2.27. The summed E-state index contributed by atoms with van der Waals surface area (Å²) in [5.74, 6) is 0.497. The molecule has 1 aliphatic heterocycles. The lowest BCUT2D eigenvalue weighted by Crippen LogP contribution is -2.47. The van der Waals surface area contributed by atoms with Crippen LogP contribution in [-0.2, 0) is 10.0 Å². The van der Waals surface area contributed by atoms with Crippen LogP contribution in [0.4, 0.5) is 5.95 Å². The summed E-state index contributed by atoms with van der Waals surface area (Å²) >= 11 is 3.31. The van der Waals surface area contributed by atoms with Crippen molar-refractivity contribution >= 4 is 42.7 Å². The van der Waals surface area contributed by atoms with E-state index in [2.05, 4.69) is 31.2 Å². The number of benzene rings is 2. The number of sulfonamides is 1. The standard InChI is InChI=1S/C20H21BrN4O2S/c21-17-12-22-20(23-13-17)24-14-18-7-3-4-10-25(18)28(26,27)19-9-8-15-5-1-2-6-16(15)11-19/h1-2,5-6,8-9,11-13,18H,3-4,7,10,14H2,(H,22,23,24). The number of anilines is 1. The van der Waals surface area contributed by atoms with Crippen molar-refractivity contribution in [3.05, 3.63) is 59.3 Å². The summed E-state index contributed by atoms with van der Waals surface area (Å²) in [7, 11) is -3.57. The minimum Gasteiger partial charge on any atom is -0.353 e. The maximum absolute atomic E-state index is 13.4. The van der Waals surface area contributed by atoms with Gasteiger partial charge in [0.05, 0.1) is 9.37 Å². The molecule has 8 heteroatoms. The zero-order valence-electron chi connectivity index (χ0n) is 15.3. The SMILES string of the molecule is O=S(=O)(c1ccc2ccccc2c1)N1CCCCC1CNc1ncc(Br)cn1. The van der Waals surface area contributed by atoms with Gasteiger partial charge in [-0.05, 0) is 51.7 Å². The molecule has 146 valence electrons. The smallest absolute Gasteiger partial charge is 0.243 e. The van der Waals surface area contributed by atoms with Crippen LogP contribution in [0.5, 0.6) is 0 Å². The normalized spacial score (nSPS) is 18.2. The van der Waals surface area contributed by atoms with Crippen molar-refractivity contribution in [2.75, 3.05) is 18.4 Å². The maximum atomic E-state index is 13.4. The fourth-order valence-electron chi connectivity index (χ4n) is 3.57. The quantitative estimate of drug-likeness (QED) is 0.621.